The van der Waals surface area contributed by atoms with Gasteiger partial charge in [-0.05, 0) is 32.5 Å². The molecule has 7 heteroatoms. The molecule has 0 saturated carbocycles. The number of carbonyl (C=O) groups excluding carboxylic acids is 1. The highest BCUT2D eigenvalue weighted by Gasteiger charge is 2.22. The van der Waals surface area contributed by atoms with Gasteiger partial charge in [-0.2, -0.15) is 0 Å². The first-order valence-corrected chi connectivity index (χ1v) is 6.76. The Bertz CT molecular complexity index is 420. The van der Waals surface area contributed by atoms with Crippen LogP contribution in [0.15, 0.2) is 17.5 Å². The number of likely N-dealkylation sites (N-methyl/N-ethyl adjacent to an activating group) is 1. The largest absolute Gasteiger partial charge is 0.479 e. The Kier molecular flexibility index (Phi) is 5.78. The number of urea groups is 1. The number of amides is 2. The van der Waals surface area contributed by atoms with Crippen molar-refractivity contribution in [1.82, 2.24) is 15.5 Å². The second-order valence-electron chi connectivity index (χ2n) is 4.45. The fraction of sp³-hybridized carbons (Fsp3) is 0.500. The highest BCUT2D eigenvalue weighted by atomic mass is 32.1. The van der Waals surface area contributed by atoms with Crippen LogP contribution in [0, 0.1) is 0 Å². The molecule has 1 aromatic rings. The van der Waals surface area contributed by atoms with Crippen molar-refractivity contribution < 1.29 is 14.7 Å². The van der Waals surface area contributed by atoms with Crippen LogP contribution in [0.4, 0.5) is 4.79 Å². The molecule has 0 aliphatic rings. The molecular weight excluding hydrogens is 266 g/mol. The molecule has 0 radical (unpaired) electrons. The number of nitrogens with zero attached hydrogens (tertiary/aromatic N) is 1. The highest BCUT2D eigenvalue weighted by molar-refractivity contribution is 7.10. The molecule has 1 aromatic heterocycles. The molecule has 6 nitrogen and oxygen atoms in total. The average Bonchev–Trinajstić information content (AvgIpc) is 2.85. The summed E-state index contributed by atoms with van der Waals surface area (Å²) in [5.41, 5.74) is 0. The minimum atomic E-state index is -1.07. The number of hydrogen-bond acceptors (Lipinski definition) is 4. The van der Waals surface area contributed by atoms with Crippen LogP contribution in [-0.4, -0.2) is 48.7 Å². The molecule has 0 saturated heterocycles. The number of carboxylic acids is 1. The Morgan fingerprint density at radius 2 is 2.16 bits per heavy atom. The zero-order valence-electron chi connectivity index (χ0n) is 11.2. The molecule has 106 valence electrons. The predicted molar refractivity (Wildman–Crippen MR) is 74.4 cm³/mol. The van der Waals surface area contributed by atoms with Crippen LogP contribution in [0.1, 0.15) is 17.8 Å². The molecule has 0 aliphatic carbocycles. The van der Waals surface area contributed by atoms with Gasteiger partial charge in [0.15, 0.2) is 6.04 Å². The molecule has 0 fully saturated rings. The van der Waals surface area contributed by atoms with E-state index in [4.69, 9.17) is 5.11 Å². The van der Waals surface area contributed by atoms with E-state index in [1.165, 1.54) is 11.3 Å². The number of hydrogen-bond donors (Lipinski definition) is 3. The van der Waals surface area contributed by atoms with E-state index in [2.05, 4.69) is 10.6 Å². The lowest BCUT2D eigenvalue weighted by atomic mass is 10.2. The first kappa shape index (κ1) is 15.5. The molecule has 0 spiro atoms. The summed E-state index contributed by atoms with van der Waals surface area (Å²) in [5, 5.41) is 16.0. The smallest absolute Gasteiger partial charge is 0.331 e. The maximum atomic E-state index is 11.7. The fourth-order valence-electron chi connectivity index (χ4n) is 1.32. The number of carbonyl (C=O) groups is 2. The van der Waals surface area contributed by atoms with Crippen LogP contribution in [-0.2, 0) is 4.79 Å². The summed E-state index contributed by atoms with van der Waals surface area (Å²) in [6.07, 6.45) is 0. The van der Waals surface area contributed by atoms with Crippen molar-refractivity contribution in [2.24, 2.45) is 0 Å². The predicted octanol–water partition coefficient (Wildman–Crippen LogP) is 1.12. The Morgan fingerprint density at radius 3 is 2.63 bits per heavy atom. The summed E-state index contributed by atoms with van der Waals surface area (Å²) in [7, 11) is 3.83. The molecule has 1 rings (SSSR count). The number of rotatable bonds is 6. The fourth-order valence-corrected chi connectivity index (χ4v) is 2.08. The van der Waals surface area contributed by atoms with Crippen LogP contribution in [0.3, 0.4) is 0 Å². The number of thiophene rings is 1. The lowest BCUT2D eigenvalue weighted by Crippen LogP contribution is -2.45. The van der Waals surface area contributed by atoms with Gasteiger partial charge in [-0.25, -0.2) is 9.59 Å². The van der Waals surface area contributed by atoms with E-state index in [1.807, 2.05) is 25.9 Å². The number of nitrogens with one attached hydrogen (secondary N) is 2. The second-order valence-corrected chi connectivity index (χ2v) is 5.43. The van der Waals surface area contributed by atoms with Crippen LogP contribution >= 0.6 is 11.3 Å². The Labute approximate surface area is 116 Å². The lowest BCUT2D eigenvalue weighted by molar-refractivity contribution is -0.139. The standard InChI is InChI=1S/C12H19N3O3S/c1-8(15(2)3)7-13-12(18)14-10(11(16)17)9-5-4-6-19-9/h4-6,8,10H,7H2,1-3H3,(H,16,17)(H2,13,14,18). The Hall–Kier alpha value is -1.60. The molecule has 1 heterocycles. The first-order chi connectivity index (χ1) is 8.91. The van der Waals surface area contributed by atoms with Crippen LogP contribution < -0.4 is 10.6 Å². The van der Waals surface area contributed by atoms with Crippen LogP contribution in [0.5, 0.6) is 0 Å². The van der Waals surface area contributed by atoms with Crippen molar-refractivity contribution in [3.05, 3.63) is 22.4 Å². The van der Waals surface area contributed by atoms with Crippen molar-refractivity contribution in [3.8, 4) is 0 Å². The van der Waals surface area contributed by atoms with Crippen molar-refractivity contribution in [3.63, 3.8) is 0 Å². The van der Waals surface area contributed by atoms with E-state index >= 15 is 0 Å². The van der Waals surface area contributed by atoms with Gasteiger partial charge >= 0.3 is 12.0 Å². The molecule has 2 amide bonds. The summed E-state index contributed by atoms with van der Waals surface area (Å²) in [6.45, 7) is 2.42. The van der Waals surface area contributed by atoms with Gasteiger partial charge in [-0.3, -0.25) is 0 Å². The molecule has 2 atom stereocenters. The van der Waals surface area contributed by atoms with Gasteiger partial charge < -0.3 is 20.6 Å². The van der Waals surface area contributed by atoms with Crippen molar-refractivity contribution in [2.75, 3.05) is 20.6 Å². The van der Waals surface area contributed by atoms with E-state index in [0.29, 0.717) is 11.4 Å². The lowest BCUT2D eigenvalue weighted by Gasteiger charge is -2.21. The molecule has 0 aromatic carbocycles. The van der Waals surface area contributed by atoms with E-state index in [0.717, 1.165) is 0 Å². The van der Waals surface area contributed by atoms with Gasteiger partial charge in [-0.1, -0.05) is 6.07 Å². The quantitative estimate of drug-likeness (QED) is 0.731. The molecule has 3 N–H and O–H groups in total. The SMILES string of the molecule is CC(CNC(=O)NC(C(=O)O)c1cccs1)N(C)C. The second kappa shape index (κ2) is 7.10. The van der Waals surface area contributed by atoms with Crippen molar-refractivity contribution in [2.45, 2.75) is 19.0 Å². The van der Waals surface area contributed by atoms with Gasteiger partial charge in [0.2, 0.25) is 0 Å². The normalized spacial score (nSPS) is 13.9. The van der Waals surface area contributed by atoms with E-state index in [-0.39, 0.29) is 6.04 Å². The van der Waals surface area contributed by atoms with Crippen LogP contribution in [0.25, 0.3) is 0 Å². The summed E-state index contributed by atoms with van der Waals surface area (Å²) >= 11 is 1.30. The van der Waals surface area contributed by atoms with Crippen molar-refractivity contribution in [1.29, 1.82) is 0 Å². The van der Waals surface area contributed by atoms with Gasteiger partial charge in [0.1, 0.15) is 0 Å². The minimum Gasteiger partial charge on any atom is -0.479 e. The number of aliphatic carboxylic acids is 1. The maximum Gasteiger partial charge on any atom is 0.331 e. The van der Waals surface area contributed by atoms with E-state index in [1.54, 1.807) is 17.5 Å². The topological polar surface area (TPSA) is 81.7 Å². The zero-order valence-corrected chi connectivity index (χ0v) is 12.0. The number of carboxylic acid groups (broad SMARTS) is 1. The van der Waals surface area contributed by atoms with Gasteiger partial charge in [0, 0.05) is 17.5 Å². The Balaban J connectivity index is 2.52. The monoisotopic (exact) mass is 285 g/mol. The molecule has 19 heavy (non-hydrogen) atoms. The molecule has 2 unspecified atom stereocenters. The average molecular weight is 285 g/mol. The molecule has 0 bridgehead atoms. The summed E-state index contributed by atoms with van der Waals surface area (Å²) in [5.74, 6) is -1.07. The van der Waals surface area contributed by atoms with Gasteiger partial charge in [0.05, 0.1) is 0 Å². The van der Waals surface area contributed by atoms with Gasteiger partial charge in [0.25, 0.3) is 0 Å². The highest BCUT2D eigenvalue weighted by Crippen LogP contribution is 2.18. The van der Waals surface area contributed by atoms with E-state index < -0.39 is 18.0 Å². The molecule has 0 aliphatic heterocycles. The Morgan fingerprint density at radius 1 is 1.47 bits per heavy atom. The first-order valence-electron chi connectivity index (χ1n) is 5.88. The summed E-state index contributed by atoms with van der Waals surface area (Å²) < 4.78 is 0. The third-order valence-corrected chi connectivity index (χ3v) is 3.73. The maximum absolute atomic E-state index is 11.7. The van der Waals surface area contributed by atoms with Gasteiger partial charge in [-0.15, -0.1) is 11.3 Å². The third kappa shape index (κ3) is 4.88. The summed E-state index contributed by atoms with van der Waals surface area (Å²) in [6, 6.07) is 2.13. The van der Waals surface area contributed by atoms with E-state index in [9.17, 15) is 9.59 Å². The third-order valence-electron chi connectivity index (χ3n) is 2.79. The van der Waals surface area contributed by atoms with Crippen molar-refractivity contribution >= 4 is 23.3 Å². The summed E-state index contributed by atoms with van der Waals surface area (Å²) in [4.78, 5) is 25.4. The molecular formula is C12H19N3O3S. The van der Waals surface area contributed by atoms with Crippen LogP contribution in [0.2, 0.25) is 0 Å². The minimum absolute atomic E-state index is 0.177. The zero-order chi connectivity index (χ0) is 14.4.